The van der Waals surface area contributed by atoms with E-state index in [0.717, 1.165) is 16.7 Å². The number of nitrogens with one attached hydrogen (secondary N) is 1. The third kappa shape index (κ3) is 4.48. The number of pyridine rings is 1. The number of aromatic nitrogens is 5. The van der Waals surface area contributed by atoms with Gasteiger partial charge in [-0.25, -0.2) is 13.4 Å². The van der Waals surface area contributed by atoms with Gasteiger partial charge in [-0.3, -0.25) is 0 Å². The molecule has 1 N–H and O–H groups in total. The van der Waals surface area contributed by atoms with Crippen LogP contribution in [0.2, 0.25) is 25.7 Å². The van der Waals surface area contributed by atoms with Crippen LogP contribution in [0.1, 0.15) is 5.56 Å². The Balaban J connectivity index is 2.18. The average Bonchev–Trinajstić information content (AvgIpc) is 3.14. The number of benzene rings is 1. The summed E-state index contributed by atoms with van der Waals surface area (Å²) in [6.07, 6.45) is 1.53. The Morgan fingerprint density at radius 2 is 1.78 bits per heavy atom. The van der Waals surface area contributed by atoms with E-state index in [4.69, 9.17) is 0 Å². The van der Waals surface area contributed by atoms with Crippen molar-refractivity contribution in [3.05, 3.63) is 42.1 Å². The molecule has 0 saturated carbocycles. The Labute approximate surface area is 160 Å². The van der Waals surface area contributed by atoms with Crippen molar-refractivity contribution in [1.29, 1.82) is 0 Å². The number of hydrogen-bond acceptors (Lipinski definition) is 6. The molecule has 0 aliphatic carbocycles. The van der Waals surface area contributed by atoms with E-state index in [-0.39, 0.29) is 16.6 Å². The molecule has 0 spiro atoms. The van der Waals surface area contributed by atoms with Crippen molar-refractivity contribution >= 4 is 17.9 Å². The van der Waals surface area contributed by atoms with Crippen LogP contribution in [0.3, 0.4) is 0 Å². The summed E-state index contributed by atoms with van der Waals surface area (Å²) in [5, 5.41) is 14.1. The van der Waals surface area contributed by atoms with Gasteiger partial charge in [0.2, 0.25) is 5.82 Å². The van der Waals surface area contributed by atoms with E-state index in [9.17, 15) is 8.42 Å². The molecule has 2 heterocycles. The fourth-order valence-corrected chi connectivity index (χ4v) is 7.12. The molecular formula is C18H23N5O2SSi. The van der Waals surface area contributed by atoms with Gasteiger partial charge >= 0.3 is 0 Å². The monoisotopic (exact) mass is 401 g/mol. The Hall–Kier alpha value is -2.39. The van der Waals surface area contributed by atoms with Gasteiger partial charge in [-0.05, 0) is 35.4 Å². The Morgan fingerprint density at radius 1 is 1.07 bits per heavy atom. The van der Waals surface area contributed by atoms with Gasteiger partial charge in [-0.15, -0.1) is 10.2 Å². The highest BCUT2D eigenvalue weighted by molar-refractivity contribution is 7.91. The van der Waals surface area contributed by atoms with Crippen LogP contribution in [0.5, 0.6) is 0 Å². The van der Waals surface area contributed by atoms with Crippen LogP contribution in [0.15, 0.2) is 41.6 Å². The highest BCUT2D eigenvalue weighted by atomic mass is 32.2. The van der Waals surface area contributed by atoms with Gasteiger partial charge in [0.1, 0.15) is 0 Å². The molecule has 0 fully saturated rings. The van der Waals surface area contributed by atoms with Gasteiger partial charge in [-0.1, -0.05) is 49.5 Å². The predicted octanol–water partition coefficient (Wildman–Crippen LogP) is 3.35. The minimum absolute atomic E-state index is 0.0141. The topological polar surface area (TPSA) is 101 Å². The summed E-state index contributed by atoms with van der Waals surface area (Å²) in [7, 11) is -5.11. The lowest BCUT2D eigenvalue weighted by atomic mass is 10.0. The molecule has 7 nitrogen and oxygen atoms in total. The molecule has 0 saturated heterocycles. The minimum atomic E-state index is -3.59. The van der Waals surface area contributed by atoms with Crippen molar-refractivity contribution in [2.75, 3.05) is 5.75 Å². The lowest BCUT2D eigenvalue weighted by Gasteiger charge is -2.17. The second-order valence-corrected chi connectivity index (χ2v) is 15.4. The quantitative estimate of drug-likeness (QED) is 0.636. The zero-order valence-electron chi connectivity index (χ0n) is 15.9. The summed E-state index contributed by atoms with van der Waals surface area (Å²) in [6, 6.07) is 10.3. The predicted molar refractivity (Wildman–Crippen MR) is 108 cm³/mol. The fourth-order valence-electron chi connectivity index (χ4n) is 2.67. The van der Waals surface area contributed by atoms with Crippen LogP contribution in [-0.2, 0) is 9.84 Å². The maximum absolute atomic E-state index is 13.1. The third-order valence-corrected chi connectivity index (χ3v) is 8.02. The number of aryl methyl sites for hydroxylation is 1. The maximum atomic E-state index is 13.1. The van der Waals surface area contributed by atoms with Crippen molar-refractivity contribution < 1.29 is 8.42 Å². The normalized spacial score (nSPS) is 12.3. The van der Waals surface area contributed by atoms with E-state index in [1.807, 2.05) is 31.2 Å². The molecule has 142 valence electrons. The van der Waals surface area contributed by atoms with E-state index < -0.39 is 17.9 Å². The summed E-state index contributed by atoms with van der Waals surface area (Å²) < 4.78 is 26.2. The smallest absolute Gasteiger partial charge is 0.208 e. The minimum Gasteiger partial charge on any atom is -0.244 e. The van der Waals surface area contributed by atoms with Crippen molar-refractivity contribution in [3.8, 4) is 22.5 Å². The first-order chi connectivity index (χ1) is 12.7. The molecule has 0 amide bonds. The van der Waals surface area contributed by atoms with Crippen LogP contribution < -0.4 is 0 Å². The first kappa shape index (κ1) is 19.4. The van der Waals surface area contributed by atoms with Gasteiger partial charge in [0.15, 0.2) is 14.9 Å². The third-order valence-electron chi connectivity index (χ3n) is 4.26. The van der Waals surface area contributed by atoms with Gasteiger partial charge < -0.3 is 0 Å². The standard InChI is InChI=1S/C18H23N5O2SSi/c1-13-5-7-14(8-6-13)15-9-10-19-18(16(15)17-20-22-23-21-17)26(24,25)11-12-27(2,3)4/h5-10H,11-12H2,1-4H3,(H,20,21,22,23). The van der Waals surface area contributed by atoms with Crippen molar-refractivity contribution in [1.82, 2.24) is 25.6 Å². The zero-order valence-corrected chi connectivity index (χ0v) is 17.7. The molecule has 0 bridgehead atoms. The molecule has 2 aromatic heterocycles. The summed E-state index contributed by atoms with van der Waals surface area (Å²) >= 11 is 0. The lowest BCUT2D eigenvalue weighted by molar-refractivity contribution is 0.593. The Bertz CT molecular complexity index is 1030. The largest absolute Gasteiger partial charge is 0.244 e. The van der Waals surface area contributed by atoms with E-state index in [1.54, 1.807) is 6.07 Å². The highest BCUT2D eigenvalue weighted by Crippen LogP contribution is 2.34. The van der Waals surface area contributed by atoms with Crippen LogP contribution >= 0.6 is 0 Å². The molecule has 0 aliphatic rings. The van der Waals surface area contributed by atoms with E-state index in [2.05, 4.69) is 45.2 Å². The molecule has 1 aromatic carbocycles. The van der Waals surface area contributed by atoms with Crippen LogP contribution in [0.25, 0.3) is 22.5 Å². The summed E-state index contributed by atoms with van der Waals surface area (Å²) in [6.45, 7) is 8.46. The average molecular weight is 402 g/mol. The van der Waals surface area contributed by atoms with Crippen molar-refractivity contribution in [3.63, 3.8) is 0 Å². The number of tetrazole rings is 1. The molecule has 9 heteroatoms. The molecule has 3 rings (SSSR count). The number of rotatable bonds is 6. The van der Waals surface area contributed by atoms with Crippen molar-refractivity contribution in [2.24, 2.45) is 0 Å². The fraction of sp³-hybridized carbons (Fsp3) is 0.333. The number of sulfone groups is 1. The Kier molecular flexibility index (Phi) is 5.25. The highest BCUT2D eigenvalue weighted by Gasteiger charge is 2.28. The SMILES string of the molecule is Cc1ccc(-c2ccnc(S(=O)(=O)CC[Si](C)(C)C)c2-c2nn[nH]n2)cc1. The molecule has 3 aromatic rings. The molecule has 0 radical (unpaired) electrons. The van der Waals surface area contributed by atoms with Crippen LogP contribution in [0, 0.1) is 6.92 Å². The van der Waals surface area contributed by atoms with Gasteiger partial charge in [0, 0.05) is 14.3 Å². The number of H-pyrrole nitrogens is 1. The molecule has 0 unspecified atom stereocenters. The number of aromatic amines is 1. The van der Waals surface area contributed by atoms with E-state index in [0.29, 0.717) is 11.6 Å². The molecule has 27 heavy (non-hydrogen) atoms. The summed E-state index contributed by atoms with van der Waals surface area (Å²) in [4.78, 5) is 4.22. The van der Waals surface area contributed by atoms with Crippen molar-refractivity contribution in [2.45, 2.75) is 37.6 Å². The van der Waals surface area contributed by atoms with Gasteiger partial charge in [0.25, 0.3) is 0 Å². The second-order valence-electron chi connectivity index (χ2n) is 7.77. The zero-order chi connectivity index (χ0) is 19.7. The number of nitrogens with zero attached hydrogens (tertiary/aromatic N) is 4. The van der Waals surface area contributed by atoms with Crippen LogP contribution in [-0.4, -0.2) is 47.9 Å². The number of hydrogen-bond donors (Lipinski definition) is 1. The first-order valence-electron chi connectivity index (χ1n) is 8.70. The Morgan fingerprint density at radius 3 is 2.37 bits per heavy atom. The lowest BCUT2D eigenvalue weighted by Crippen LogP contribution is -2.24. The molecular weight excluding hydrogens is 378 g/mol. The molecule has 0 aliphatic heterocycles. The van der Waals surface area contributed by atoms with E-state index in [1.165, 1.54) is 6.20 Å². The van der Waals surface area contributed by atoms with Gasteiger partial charge in [0.05, 0.1) is 11.3 Å². The maximum Gasteiger partial charge on any atom is 0.208 e. The molecule has 0 atom stereocenters. The summed E-state index contributed by atoms with van der Waals surface area (Å²) in [5.41, 5.74) is 3.12. The first-order valence-corrected chi connectivity index (χ1v) is 14.1. The van der Waals surface area contributed by atoms with Gasteiger partial charge in [-0.2, -0.15) is 5.21 Å². The second kappa shape index (κ2) is 7.32. The summed E-state index contributed by atoms with van der Waals surface area (Å²) in [5.74, 6) is 0.294. The van der Waals surface area contributed by atoms with E-state index >= 15 is 0 Å². The van der Waals surface area contributed by atoms with Crippen LogP contribution in [0.4, 0.5) is 0 Å².